The van der Waals surface area contributed by atoms with Gasteiger partial charge in [0.2, 0.25) is 0 Å². The topological polar surface area (TPSA) is 62.8 Å². The van der Waals surface area contributed by atoms with Crippen LogP contribution in [-0.2, 0) is 0 Å². The van der Waals surface area contributed by atoms with Crippen LogP contribution in [0.15, 0.2) is 6.20 Å². The molecule has 62 valence electrons. The van der Waals surface area contributed by atoms with Crippen molar-refractivity contribution in [2.24, 2.45) is 0 Å². The van der Waals surface area contributed by atoms with Gasteiger partial charge in [-0.3, -0.25) is 9.59 Å². The van der Waals surface area contributed by atoms with Crippen LogP contribution in [0.1, 0.15) is 40.4 Å². The summed E-state index contributed by atoms with van der Waals surface area (Å²) in [7, 11) is 0. The molecule has 1 aromatic heterocycles. The second-order valence-corrected chi connectivity index (χ2v) is 2.85. The highest BCUT2D eigenvalue weighted by atomic mass is 16.1. The van der Waals surface area contributed by atoms with E-state index in [1.54, 1.807) is 0 Å². The smallest absolute Gasteiger partial charge is 0.198 e. The highest BCUT2D eigenvalue weighted by molar-refractivity contribution is 5.99. The van der Waals surface area contributed by atoms with Gasteiger partial charge in [-0.1, -0.05) is 0 Å². The number of carbonyl (C=O) groups is 2. The van der Waals surface area contributed by atoms with Crippen molar-refractivity contribution in [3.05, 3.63) is 17.7 Å². The lowest BCUT2D eigenvalue weighted by atomic mass is 10.1. The van der Waals surface area contributed by atoms with Gasteiger partial charge in [0.05, 0.1) is 6.20 Å². The molecule has 0 saturated heterocycles. The lowest BCUT2D eigenvalue weighted by Crippen LogP contribution is -2.08. The van der Waals surface area contributed by atoms with Gasteiger partial charge in [-0.2, -0.15) is 0 Å². The number of nitrogens with one attached hydrogen (secondary N) is 1. The molecule has 4 heteroatoms. The number of fused-ring (bicyclic) bond motifs is 2. The molecule has 2 bridgehead atoms. The normalized spacial score (nSPS) is 17.3. The van der Waals surface area contributed by atoms with Crippen molar-refractivity contribution in [3.8, 4) is 0 Å². The molecule has 4 nitrogen and oxygen atoms in total. The monoisotopic (exact) mass is 164 g/mol. The molecule has 0 spiro atoms. The molecule has 2 heterocycles. The maximum atomic E-state index is 11.2. The largest absolute Gasteiger partial charge is 0.333 e. The predicted molar refractivity (Wildman–Crippen MR) is 41.1 cm³/mol. The fraction of sp³-hybridized carbons (Fsp3) is 0.375. The van der Waals surface area contributed by atoms with Gasteiger partial charge in [0.1, 0.15) is 5.69 Å². The summed E-state index contributed by atoms with van der Waals surface area (Å²) in [6.07, 6.45) is 2.92. The molecule has 0 unspecified atom stereocenters. The summed E-state index contributed by atoms with van der Waals surface area (Å²) in [4.78, 5) is 28.9. The summed E-state index contributed by atoms with van der Waals surface area (Å²) >= 11 is 0. The van der Waals surface area contributed by atoms with Crippen molar-refractivity contribution in [1.29, 1.82) is 0 Å². The first-order valence-corrected chi connectivity index (χ1v) is 3.89. The Kier molecular flexibility index (Phi) is 1.53. The Morgan fingerprint density at radius 2 is 2.00 bits per heavy atom. The Bertz CT molecular complexity index is 310. The third-order valence-corrected chi connectivity index (χ3v) is 1.95. The van der Waals surface area contributed by atoms with Crippen LogP contribution in [0.25, 0.3) is 0 Å². The third-order valence-electron chi connectivity index (χ3n) is 1.95. The zero-order valence-electron chi connectivity index (χ0n) is 6.46. The van der Waals surface area contributed by atoms with E-state index in [9.17, 15) is 9.59 Å². The molecule has 1 aliphatic heterocycles. The van der Waals surface area contributed by atoms with Crippen molar-refractivity contribution < 1.29 is 9.59 Å². The van der Waals surface area contributed by atoms with Gasteiger partial charge in [-0.25, -0.2) is 4.98 Å². The molecular weight excluding hydrogens is 156 g/mol. The Morgan fingerprint density at radius 1 is 1.25 bits per heavy atom. The lowest BCUT2D eigenvalue weighted by Gasteiger charge is -2.01. The number of carbonyl (C=O) groups excluding carboxylic acids is 2. The molecule has 0 aromatic carbocycles. The van der Waals surface area contributed by atoms with E-state index in [1.807, 2.05) is 0 Å². The number of aromatic nitrogens is 2. The first-order valence-electron chi connectivity index (χ1n) is 3.89. The Balaban J connectivity index is 2.46. The van der Waals surface area contributed by atoms with Gasteiger partial charge < -0.3 is 4.98 Å². The molecule has 0 amide bonds. The quantitative estimate of drug-likeness (QED) is 0.621. The predicted octanol–water partition coefficient (Wildman–Crippen LogP) is 0.959. The molecule has 0 radical (unpaired) electrons. The Labute approximate surface area is 69.0 Å². The highest BCUT2D eigenvalue weighted by Gasteiger charge is 2.17. The fourth-order valence-electron chi connectivity index (χ4n) is 1.27. The fourth-order valence-corrected chi connectivity index (χ4v) is 1.27. The van der Waals surface area contributed by atoms with Crippen molar-refractivity contribution in [3.63, 3.8) is 0 Å². The zero-order chi connectivity index (χ0) is 8.55. The van der Waals surface area contributed by atoms with Gasteiger partial charge >= 0.3 is 0 Å². The molecule has 0 fully saturated rings. The van der Waals surface area contributed by atoms with E-state index in [1.165, 1.54) is 6.20 Å². The number of H-pyrrole nitrogens is 1. The van der Waals surface area contributed by atoms with Crippen molar-refractivity contribution in [1.82, 2.24) is 9.97 Å². The molecule has 12 heavy (non-hydrogen) atoms. The number of ketones is 2. The first-order chi connectivity index (χ1) is 5.77. The summed E-state index contributed by atoms with van der Waals surface area (Å²) in [6.45, 7) is 0. The summed E-state index contributed by atoms with van der Waals surface area (Å²) in [5.74, 6) is 0.355. The zero-order valence-corrected chi connectivity index (χ0v) is 6.46. The average molecular weight is 164 g/mol. The second-order valence-electron chi connectivity index (χ2n) is 2.85. The maximum absolute atomic E-state index is 11.2. The van der Waals surface area contributed by atoms with Gasteiger partial charge in [0.15, 0.2) is 17.4 Å². The summed E-state index contributed by atoms with van der Waals surface area (Å²) < 4.78 is 0. The van der Waals surface area contributed by atoms with E-state index in [-0.39, 0.29) is 11.6 Å². The summed E-state index contributed by atoms with van der Waals surface area (Å²) in [5, 5.41) is 0. The Morgan fingerprint density at radius 3 is 2.83 bits per heavy atom. The van der Waals surface area contributed by atoms with Crippen LogP contribution in [0.3, 0.4) is 0 Å². The number of aromatic amines is 1. The number of rotatable bonds is 0. The molecule has 0 saturated carbocycles. The minimum absolute atomic E-state index is 0.00579. The standard InChI is InChI=1S/C8H8N2O2/c11-6-2-1-3-7(12)8-9-4-5(6)10-8/h4H,1-3H2,(H,9,10). The van der Waals surface area contributed by atoms with E-state index >= 15 is 0 Å². The van der Waals surface area contributed by atoms with Crippen LogP contribution in [0, 0.1) is 0 Å². The van der Waals surface area contributed by atoms with E-state index < -0.39 is 0 Å². The summed E-state index contributed by atoms with van der Waals surface area (Å²) in [5.41, 5.74) is 0.457. The van der Waals surface area contributed by atoms with Crippen LogP contribution in [0.5, 0.6) is 0 Å². The first kappa shape index (κ1) is 7.21. The van der Waals surface area contributed by atoms with E-state index in [0.29, 0.717) is 30.8 Å². The number of Topliss-reactive ketones (excluding diaryl/α,β-unsaturated/α-hetero) is 2. The molecular formula is C8H8N2O2. The van der Waals surface area contributed by atoms with Crippen LogP contribution in [0.4, 0.5) is 0 Å². The van der Waals surface area contributed by atoms with Crippen molar-refractivity contribution in [2.45, 2.75) is 19.3 Å². The van der Waals surface area contributed by atoms with Gasteiger partial charge in [-0.15, -0.1) is 0 Å². The molecule has 2 rings (SSSR count). The molecule has 1 aliphatic rings. The minimum atomic E-state index is -0.00579. The van der Waals surface area contributed by atoms with Gasteiger partial charge in [0.25, 0.3) is 0 Å². The van der Waals surface area contributed by atoms with Crippen LogP contribution in [0.2, 0.25) is 0 Å². The van der Waals surface area contributed by atoms with E-state index in [2.05, 4.69) is 9.97 Å². The maximum Gasteiger partial charge on any atom is 0.198 e. The molecule has 1 aromatic rings. The number of hydrogen-bond donors (Lipinski definition) is 1. The minimum Gasteiger partial charge on any atom is -0.333 e. The number of imidazole rings is 1. The second kappa shape index (κ2) is 2.55. The Hall–Kier alpha value is -1.45. The van der Waals surface area contributed by atoms with E-state index in [4.69, 9.17) is 0 Å². The lowest BCUT2D eigenvalue weighted by molar-refractivity contribution is 0.0941. The summed E-state index contributed by atoms with van der Waals surface area (Å²) in [6, 6.07) is 0. The average Bonchev–Trinajstić information content (AvgIpc) is 2.51. The van der Waals surface area contributed by atoms with Crippen LogP contribution in [-0.4, -0.2) is 21.5 Å². The molecule has 0 atom stereocenters. The SMILES string of the molecule is O=C1CCCC(=O)c2ncc1[nH]2. The molecule has 0 aliphatic carbocycles. The van der Waals surface area contributed by atoms with E-state index in [0.717, 1.165) is 0 Å². The number of hydrogen-bond acceptors (Lipinski definition) is 3. The highest BCUT2D eigenvalue weighted by Crippen LogP contribution is 2.11. The van der Waals surface area contributed by atoms with Crippen LogP contribution >= 0.6 is 0 Å². The number of nitrogens with zero attached hydrogens (tertiary/aromatic N) is 1. The van der Waals surface area contributed by atoms with Gasteiger partial charge in [0, 0.05) is 12.8 Å². The van der Waals surface area contributed by atoms with Gasteiger partial charge in [-0.05, 0) is 6.42 Å². The van der Waals surface area contributed by atoms with Crippen LogP contribution < -0.4 is 0 Å². The third kappa shape index (κ3) is 1.05. The van der Waals surface area contributed by atoms with Crippen molar-refractivity contribution >= 4 is 11.6 Å². The molecule has 1 N–H and O–H groups in total. The van der Waals surface area contributed by atoms with Crippen molar-refractivity contribution in [2.75, 3.05) is 0 Å².